The van der Waals surface area contributed by atoms with E-state index in [2.05, 4.69) is 39.5 Å². The number of aromatic nitrogens is 1. The molecule has 24 heavy (non-hydrogen) atoms. The summed E-state index contributed by atoms with van der Waals surface area (Å²) in [7, 11) is 1.68. The largest absolute Gasteiger partial charge is 0.379 e. The van der Waals surface area contributed by atoms with Crippen molar-refractivity contribution < 1.29 is 9.53 Å². The number of methoxy groups -OCH3 is 1. The van der Waals surface area contributed by atoms with E-state index in [-0.39, 0.29) is 17.9 Å². The smallest absolute Gasteiger partial charge is 0.230 e. The van der Waals surface area contributed by atoms with Crippen molar-refractivity contribution >= 4 is 11.6 Å². The summed E-state index contributed by atoms with van der Waals surface area (Å²) in [6.07, 6.45) is 4.05. The molecule has 2 heterocycles. The van der Waals surface area contributed by atoms with E-state index in [1.165, 1.54) is 5.56 Å². The first-order valence-corrected chi connectivity index (χ1v) is 8.26. The fourth-order valence-electron chi connectivity index (χ4n) is 3.17. The average Bonchev–Trinajstić information content (AvgIpc) is 2.63. The molecule has 126 valence electrons. The van der Waals surface area contributed by atoms with Crippen LogP contribution in [0.1, 0.15) is 12.0 Å². The number of benzene rings is 1. The third-order valence-electron chi connectivity index (χ3n) is 4.48. The van der Waals surface area contributed by atoms with Crippen LogP contribution in [0.25, 0.3) is 0 Å². The van der Waals surface area contributed by atoms with Crippen molar-refractivity contribution in [1.29, 1.82) is 0 Å². The van der Waals surface area contributed by atoms with Gasteiger partial charge in [-0.25, -0.2) is 0 Å². The molecule has 0 saturated carbocycles. The molecule has 0 bridgehead atoms. The second kappa shape index (κ2) is 8.04. The number of rotatable bonds is 5. The first-order chi connectivity index (χ1) is 11.8. The number of likely N-dealkylation sites (tertiary alicyclic amines) is 1. The topological polar surface area (TPSA) is 54.5 Å². The van der Waals surface area contributed by atoms with E-state index in [0.717, 1.165) is 31.7 Å². The van der Waals surface area contributed by atoms with Crippen molar-refractivity contribution in [2.75, 3.05) is 25.5 Å². The lowest BCUT2D eigenvalue weighted by atomic mass is 9.92. The molecule has 5 nitrogen and oxygen atoms in total. The minimum absolute atomic E-state index is 0.0208. The fourth-order valence-corrected chi connectivity index (χ4v) is 3.17. The monoisotopic (exact) mass is 325 g/mol. The van der Waals surface area contributed by atoms with Gasteiger partial charge < -0.3 is 10.1 Å². The SMILES string of the molecule is COC1CN(Cc2ccccc2)CCC1C(=O)Nc1ccncc1. The molecule has 1 amide bonds. The average molecular weight is 325 g/mol. The highest BCUT2D eigenvalue weighted by Gasteiger charge is 2.34. The Balaban J connectivity index is 1.59. The quantitative estimate of drug-likeness (QED) is 0.918. The Labute approximate surface area is 142 Å². The minimum Gasteiger partial charge on any atom is -0.379 e. The van der Waals surface area contributed by atoms with Crippen molar-refractivity contribution in [3.63, 3.8) is 0 Å². The summed E-state index contributed by atoms with van der Waals surface area (Å²) >= 11 is 0. The molecule has 0 aliphatic carbocycles. The van der Waals surface area contributed by atoms with Crippen molar-refractivity contribution in [3.05, 3.63) is 60.4 Å². The normalized spacial score (nSPS) is 21.4. The lowest BCUT2D eigenvalue weighted by Crippen LogP contribution is -2.48. The first-order valence-electron chi connectivity index (χ1n) is 8.26. The maximum Gasteiger partial charge on any atom is 0.230 e. The van der Waals surface area contributed by atoms with Crippen LogP contribution >= 0.6 is 0 Å². The van der Waals surface area contributed by atoms with Crippen LogP contribution in [-0.2, 0) is 16.1 Å². The fraction of sp³-hybridized carbons (Fsp3) is 0.368. The molecule has 1 saturated heterocycles. The molecule has 1 N–H and O–H groups in total. The molecule has 1 aliphatic rings. The van der Waals surface area contributed by atoms with E-state index in [4.69, 9.17) is 4.74 Å². The number of amides is 1. The predicted octanol–water partition coefficient (Wildman–Crippen LogP) is 2.56. The molecule has 1 aliphatic heterocycles. The van der Waals surface area contributed by atoms with Gasteiger partial charge in [-0.3, -0.25) is 14.7 Å². The number of carbonyl (C=O) groups is 1. The van der Waals surface area contributed by atoms with Crippen LogP contribution in [0.3, 0.4) is 0 Å². The summed E-state index contributed by atoms with van der Waals surface area (Å²) in [6, 6.07) is 14.0. The molecule has 2 atom stereocenters. The first kappa shape index (κ1) is 16.6. The number of hydrogen-bond donors (Lipinski definition) is 1. The van der Waals surface area contributed by atoms with Crippen LogP contribution < -0.4 is 5.32 Å². The molecular weight excluding hydrogens is 302 g/mol. The van der Waals surface area contributed by atoms with Crippen molar-refractivity contribution in [3.8, 4) is 0 Å². The lowest BCUT2D eigenvalue weighted by molar-refractivity contribution is -0.127. The van der Waals surface area contributed by atoms with Crippen LogP contribution in [0.15, 0.2) is 54.9 Å². The van der Waals surface area contributed by atoms with Gasteiger partial charge in [-0.1, -0.05) is 30.3 Å². The third kappa shape index (κ3) is 4.19. The second-order valence-corrected chi connectivity index (χ2v) is 6.12. The zero-order valence-corrected chi connectivity index (χ0v) is 13.9. The van der Waals surface area contributed by atoms with Gasteiger partial charge in [0.05, 0.1) is 12.0 Å². The number of ether oxygens (including phenoxy) is 1. The summed E-state index contributed by atoms with van der Waals surface area (Å²) in [5.74, 6) is -0.109. The lowest BCUT2D eigenvalue weighted by Gasteiger charge is -2.37. The minimum atomic E-state index is -0.129. The molecular formula is C19H23N3O2. The zero-order valence-electron chi connectivity index (χ0n) is 13.9. The standard InChI is InChI=1S/C19H23N3O2/c1-24-18-14-22(13-15-5-3-2-4-6-15)12-9-17(18)19(23)21-16-7-10-20-11-8-16/h2-8,10-11,17-18H,9,12-14H2,1H3,(H,20,21,23). The highest BCUT2D eigenvalue weighted by molar-refractivity contribution is 5.92. The number of nitrogens with one attached hydrogen (secondary N) is 1. The van der Waals surface area contributed by atoms with E-state index in [9.17, 15) is 4.79 Å². The number of anilines is 1. The zero-order chi connectivity index (χ0) is 16.8. The molecule has 0 spiro atoms. The van der Waals surface area contributed by atoms with Crippen LogP contribution in [0.2, 0.25) is 0 Å². The van der Waals surface area contributed by atoms with E-state index in [1.807, 2.05) is 6.07 Å². The number of carbonyl (C=O) groups excluding carboxylic acids is 1. The van der Waals surface area contributed by atoms with E-state index >= 15 is 0 Å². The summed E-state index contributed by atoms with van der Waals surface area (Å²) < 4.78 is 5.62. The summed E-state index contributed by atoms with van der Waals surface area (Å²) in [6.45, 7) is 2.54. The Morgan fingerprint density at radius 3 is 2.71 bits per heavy atom. The molecule has 2 unspecified atom stereocenters. The highest BCUT2D eigenvalue weighted by atomic mass is 16.5. The van der Waals surface area contributed by atoms with Crippen LogP contribution in [-0.4, -0.2) is 42.1 Å². The van der Waals surface area contributed by atoms with Crippen molar-refractivity contribution in [2.45, 2.75) is 19.1 Å². The maximum absolute atomic E-state index is 12.6. The Hall–Kier alpha value is -2.24. The van der Waals surface area contributed by atoms with Gasteiger partial charge in [0.25, 0.3) is 0 Å². The molecule has 0 radical (unpaired) electrons. The van der Waals surface area contributed by atoms with Crippen molar-refractivity contribution in [2.24, 2.45) is 5.92 Å². The van der Waals surface area contributed by atoms with Gasteiger partial charge in [0.15, 0.2) is 0 Å². The Bertz CT molecular complexity index is 648. The Morgan fingerprint density at radius 1 is 1.25 bits per heavy atom. The van der Waals surface area contributed by atoms with E-state index in [0.29, 0.717) is 0 Å². The van der Waals surface area contributed by atoms with Gasteiger partial charge in [0.1, 0.15) is 0 Å². The molecule has 5 heteroatoms. The van der Waals surface area contributed by atoms with Gasteiger partial charge >= 0.3 is 0 Å². The van der Waals surface area contributed by atoms with Gasteiger partial charge in [-0.2, -0.15) is 0 Å². The van der Waals surface area contributed by atoms with Crippen LogP contribution in [0.5, 0.6) is 0 Å². The van der Waals surface area contributed by atoms with Crippen molar-refractivity contribution in [1.82, 2.24) is 9.88 Å². The maximum atomic E-state index is 12.6. The summed E-state index contributed by atoms with van der Waals surface area (Å²) in [5.41, 5.74) is 2.06. The molecule has 2 aromatic rings. The van der Waals surface area contributed by atoms with Crippen LogP contribution in [0, 0.1) is 5.92 Å². The van der Waals surface area contributed by atoms with Gasteiger partial charge in [-0.05, 0) is 30.7 Å². The van der Waals surface area contributed by atoms with E-state index < -0.39 is 0 Å². The second-order valence-electron chi connectivity index (χ2n) is 6.12. The number of piperidine rings is 1. The predicted molar refractivity (Wildman–Crippen MR) is 93.5 cm³/mol. The summed E-state index contributed by atoms with van der Waals surface area (Å²) in [5, 5.41) is 2.96. The Kier molecular flexibility index (Phi) is 5.56. The van der Waals surface area contributed by atoms with E-state index in [1.54, 1.807) is 31.6 Å². The number of nitrogens with zero attached hydrogens (tertiary/aromatic N) is 2. The molecule has 1 fully saturated rings. The van der Waals surface area contributed by atoms with Gasteiger partial charge in [0, 0.05) is 38.3 Å². The molecule has 1 aromatic carbocycles. The Morgan fingerprint density at radius 2 is 2.00 bits per heavy atom. The van der Waals surface area contributed by atoms with Gasteiger partial charge in [0.2, 0.25) is 5.91 Å². The third-order valence-corrected chi connectivity index (χ3v) is 4.48. The molecule has 1 aromatic heterocycles. The molecule has 3 rings (SSSR count). The van der Waals surface area contributed by atoms with Gasteiger partial charge in [-0.15, -0.1) is 0 Å². The highest BCUT2D eigenvalue weighted by Crippen LogP contribution is 2.23. The summed E-state index contributed by atoms with van der Waals surface area (Å²) in [4.78, 5) is 18.9. The van der Waals surface area contributed by atoms with Crippen LogP contribution in [0.4, 0.5) is 5.69 Å². The number of hydrogen-bond acceptors (Lipinski definition) is 4. The number of pyridine rings is 1.